The third kappa shape index (κ3) is 1.85. The first-order valence-corrected chi connectivity index (χ1v) is 5.25. The highest BCUT2D eigenvalue weighted by atomic mass is 32.1. The van der Waals surface area contributed by atoms with Crippen LogP contribution in [0.25, 0.3) is 5.70 Å². The van der Waals surface area contributed by atoms with E-state index in [0.717, 1.165) is 10.6 Å². The molecule has 2 rings (SSSR count). The topological polar surface area (TPSA) is 65.4 Å². The van der Waals surface area contributed by atoms with Gasteiger partial charge in [0.2, 0.25) is 0 Å². The third-order valence-corrected chi connectivity index (χ3v) is 2.96. The molecule has 0 atom stereocenters. The number of aromatic nitrogens is 2. The maximum atomic E-state index is 8.75. The second kappa shape index (κ2) is 4.43. The van der Waals surface area contributed by atoms with Crippen molar-refractivity contribution in [2.24, 2.45) is 0 Å². The lowest BCUT2D eigenvalue weighted by Gasteiger charge is -2.02. The Kier molecular flexibility index (Phi) is 2.81. The van der Waals surface area contributed by atoms with E-state index in [1.165, 1.54) is 17.4 Å². The lowest BCUT2D eigenvalue weighted by molar-refractivity contribution is 1.10. The molecule has 0 saturated heterocycles. The van der Waals surface area contributed by atoms with Gasteiger partial charge in [-0.05, 0) is 12.1 Å². The fourth-order valence-electron chi connectivity index (χ4n) is 1.27. The first-order valence-electron chi connectivity index (χ1n) is 4.43. The van der Waals surface area contributed by atoms with Crippen LogP contribution in [0.4, 0.5) is 0 Å². The van der Waals surface area contributed by atoms with Crippen molar-refractivity contribution in [2.75, 3.05) is 0 Å². The minimum Gasteiger partial charge on any atom is -0.304 e. The van der Waals surface area contributed by atoms with Gasteiger partial charge in [0.1, 0.15) is 10.9 Å². The summed E-state index contributed by atoms with van der Waals surface area (Å²) in [5.74, 6) is 0. The van der Waals surface area contributed by atoms with Crippen LogP contribution < -0.4 is 0 Å². The number of hydrogen-bond acceptors (Lipinski definition) is 4. The Balaban J connectivity index is 2.47. The van der Waals surface area contributed by atoms with Gasteiger partial charge < -0.3 is 4.57 Å². The predicted molar refractivity (Wildman–Crippen MR) is 60.2 cm³/mol. The molecule has 0 aliphatic carbocycles. The molecule has 76 valence electrons. The van der Waals surface area contributed by atoms with E-state index < -0.39 is 0 Å². The summed E-state index contributed by atoms with van der Waals surface area (Å²) < 4.78 is 1.75. The molecule has 0 aromatic carbocycles. The van der Waals surface area contributed by atoms with Gasteiger partial charge in [-0.15, -0.1) is 11.3 Å². The molecular formula is C11H6N4S. The van der Waals surface area contributed by atoms with Gasteiger partial charge in [-0.3, -0.25) is 0 Å². The zero-order chi connectivity index (χ0) is 11.4. The van der Waals surface area contributed by atoms with E-state index in [1.807, 2.05) is 12.1 Å². The SMILES string of the molecule is N#C/C=C(/c1ccc(C#N)s1)n1ccnc1. The molecule has 0 N–H and O–H groups in total. The van der Waals surface area contributed by atoms with Crippen LogP contribution in [-0.4, -0.2) is 9.55 Å². The van der Waals surface area contributed by atoms with Gasteiger partial charge in [0, 0.05) is 18.5 Å². The van der Waals surface area contributed by atoms with Crippen LogP contribution in [0.5, 0.6) is 0 Å². The molecule has 0 aliphatic rings. The molecule has 0 aliphatic heterocycles. The molecule has 0 fully saturated rings. The van der Waals surface area contributed by atoms with Crippen molar-refractivity contribution in [2.45, 2.75) is 0 Å². The van der Waals surface area contributed by atoms with Crippen molar-refractivity contribution in [1.82, 2.24) is 9.55 Å². The molecule has 5 heteroatoms. The van der Waals surface area contributed by atoms with Crippen molar-refractivity contribution >= 4 is 17.0 Å². The van der Waals surface area contributed by atoms with Crippen molar-refractivity contribution in [3.05, 3.63) is 46.7 Å². The Morgan fingerprint density at radius 2 is 2.31 bits per heavy atom. The number of imidazole rings is 1. The molecule has 0 spiro atoms. The van der Waals surface area contributed by atoms with E-state index in [-0.39, 0.29) is 0 Å². The first-order chi connectivity index (χ1) is 7.85. The Bertz CT molecular complexity index is 593. The van der Waals surface area contributed by atoms with Gasteiger partial charge in [0.25, 0.3) is 0 Å². The summed E-state index contributed by atoms with van der Waals surface area (Å²) in [4.78, 5) is 5.43. The van der Waals surface area contributed by atoms with Gasteiger partial charge in [0.05, 0.1) is 23.0 Å². The maximum Gasteiger partial charge on any atom is 0.110 e. The van der Waals surface area contributed by atoms with E-state index in [0.29, 0.717) is 4.88 Å². The van der Waals surface area contributed by atoms with Crippen LogP contribution in [0.1, 0.15) is 9.75 Å². The van der Waals surface area contributed by atoms with Gasteiger partial charge in [-0.25, -0.2) is 4.98 Å². The zero-order valence-corrected chi connectivity index (χ0v) is 8.98. The van der Waals surface area contributed by atoms with Crippen LogP contribution in [0.2, 0.25) is 0 Å². The summed E-state index contributed by atoms with van der Waals surface area (Å²) in [5.41, 5.74) is 0.728. The second-order valence-electron chi connectivity index (χ2n) is 2.90. The maximum absolute atomic E-state index is 8.75. The van der Waals surface area contributed by atoms with E-state index in [2.05, 4.69) is 11.1 Å². The van der Waals surface area contributed by atoms with Crippen LogP contribution >= 0.6 is 11.3 Å². The summed E-state index contributed by atoms with van der Waals surface area (Å²) in [7, 11) is 0. The monoisotopic (exact) mass is 226 g/mol. The average molecular weight is 226 g/mol. The molecule has 0 radical (unpaired) electrons. The number of hydrogen-bond donors (Lipinski definition) is 0. The van der Waals surface area contributed by atoms with E-state index in [1.54, 1.807) is 29.4 Å². The van der Waals surface area contributed by atoms with E-state index in [4.69, 9.17) is 10.5 Å². The van der Waals surface area contributed by atoms with Gasteiger partial charge in [-0.1, -0.05) is 0 Å². The molecule has 4 nitrogen and oxygen atoms in total. The molecule has 0 unspecified atom stereocenters. The van der Waals surface area contributed by atoms with Crippen LogP contribution in [0.3, 0.4) is 0 Å². The third-order valence-electron chi connectivity index (χ3n) is 1.95. The standard InChI is InChI=1S/C11H6N4S/c12-4-3-10(15-6-5-14-8-15)11-2-1-9(7-13)16-11/h1-3,5-6,8H/b10-3-. The highest BCUT2D eigenvalue weighted by Gasteiger charge is 2.07. The molecular weight excluding hydrogens is 220 g/mol. The largest absolute Gasteiger partial charge is 0.304 e. The Morgan fingerprint density at radius 1 is 1.44 bits per heavy atom. The summed E-state index contributed by atoms with van der Waals surface area (Å²) in [6.07, 6.45) is 6.46. The number of allylic oxidation sites excluding steroid dienone is 1. The fraction of sp³-hybridized carbons (Fsp3) is 0. The van der Waals surface area contributed by atoms with Crippen LogP contribution in [0, 0.1) is 22.7 Å². The Labute approximate surface area is 96.3 Å². The number of nitriles is 2. The normalized spacial score (nSPS) is 10.8. The zero-order valence-electron chi connectivity index (χ0n) is 8.16. The first kappa shape index (κ1) is 10.2. The minimum absolute atomic E-state index is 0.624. The molecule has 0 bridgehead atoms. The summed E-state index contributed by atoms with van der Waals surface area (Å²) >= 11 is 1.35. The highest BCUT2D eigenvalue weighted by molar-refractivity contribution is 7.13. The summed E-state index contributed by atoms with van der Waals surface area (Å²) in [6.45, 7) is 0. The Morgan fingerprint density at radius 3 is 2.88 bits per heavy atom. The van der Waals surface area contributed by atoms with Crippen LogP contribution in [-0.2, 0) is 0 Å². The Hall–Kier alpha value is -2.37. The van der Waals surface area contributed by atoms with Crippen molar-refractivity contribution < 1.29 is 0 Å². The van der Waals surface area contributed by atoms with E-state index >= 15 is 0 Å². The molecule has 0 amide bonds. The lowest BCUT2D eigenvalue weighted by atomic mass is 10.3. The van der Waals surface area contributed by atoms with Gasteiger partial charge in [-0.2, -0.15) is 10.5 Å². The van der Waals surface area contributed by atoms with Crippen LogP contribution in [0.15, 0.2) is 36.9 Å². The number of nitrogens with zero attached hydrogens (tertiary/aromatic N) is 4. The predicted octanol–water partition coefficient (Wildman–Crippen LogP) is 2.23. The molecule has 16 heavy (non-hydrogen) atoms. The summed E-state index contributed by atoms with van der Waals surface area (Å²) in [6, 6.07) is 7.63. The second-order valence-corrected chi connectivity index (χ2v) is 3.99. The lowest BCUT2D eigenvalue weighted by Crippen LogP contribution is -1.92. The molecule has 2 heterocycles. The van der Waals surface area contributed by atoms with Gasteiger partial charge >= 0.3 is 0 Å². The average Bonchev–Trinajstić information content (AvgIpc) is 2.97. The van der Waals surface area contributed by atoms with Crippen molar-refractivity contribution in [3.8, 4) is 12.1 Å². The van der Waals surface area contributed by atoms with Gasteiger partial charge in [0.15, 0.2) is 0 Å². The highest BCUT2D eigenvalue weighted by Crippen LogP contribution is 2.24. The number of rotatable bonds is 2. The quantitative estimate of drug-likeness (QED) is 0.737. The van der Waals surface area contributed by atoms with E-state index in [9.17, 15) is 0 Å². The molecule has 2 aromatic rings. The molecule has 2 aromatic heterocycles. The minimum atomic E-state index is 0.624. The summed E-state index contributed by atoms with van der Waals surface area (Å²) in [5, 5.41) is 17.5. The fourth-order valence-corrected chi connectivity index (χ4v) is 2.09. The number of thiophene rings is 1. The molecule has 0 saturated carbocycles. The smallest absolute Gasteiger partial charge is 0.110 e. The van der Waals surface area contributed by atoms with Crippen molar-refractivity contribution in [3.63, 3.8) is 0 Å². The van der Waals surface area contributed by atoms with Crippen molar-refractivity contribution in [1.29, 1.82) is 10.5 Å².